The third kappa shape index (κ3) is 5.66. The molecule has 2 heterocycles. The van der Waals surface area contributed by atoms with E-state index in [0.29, 0.717) is 5.88 Å². The zero-order chi connectivity index (χ0) is 23.2. The van der Waals surface area contributed by atoms with Gasteiger partial charge in [0, 0.05) is 73.4 Å². The lowest BCUT2D eigenvalue weighted by atomic mass is 10.1. The highest BCUT2D eigenvalue weighted by Crippen LogP contribution is 2.27. The monoisotopic (exact) mass is 467 g/mol. The van der Waals surface area contributed by atoms with Crippen LogP contribution in [0.3, 0.4) is 0 Å². The Labute approximate surface area is 200 Å². The minimum absolute atomic E-state index is 0.0603. The van der Waals surface area contributed by atoms with Gasteiger partial charge in [-0.05, 0) is 49.6 Å². The summed E-state index contributed by atoms with van der Waals surface area (Å²) in [4.78, 5) is 17.2. The number of fused-ring (bicyclic) bond motifs is 1. The second-order valence-electron chi connectivity index (χ2n) is 8.59. The van der Waals surface area contributed by atoms with Crippen molar-refractivity contribution < 1.29 is 9.18 Å². The Balaban J connectivity index is 1.35. The van der Waals surface area contributed by atoms with Crippen LogP contribution in [0.2, 0.25) is 0 Å². The Morgan fingerprint density at radius 3 is 2.48 bits per heavy atom. The fraction of sp³-hybridized carbons (Fsp3) is 0.370. The van der Waals surface area contributed by atoms with E-state index < -0.39 is 0 Å². The van der Waals surface area contributed by atoms with Crippen LogP contribution in [0.25, 0.3) is 17.0 Å². The summed E-state index contributed by atoms with van der Waals surface area (Å²) in [6, 6.07) is 15.0. The molecule has 1 saturated heterocycles. The number of halogens is 2. The lowest BCUT2D eigenvalue weighted by Crippen LogP contribution is -2.48. The van der Waals surface area contributed by atoms with Gasteiger partial charge in [-0.3, -0.25) is 9.69 Å². The van der Waals surface area contributed by atoms with Crippen molar-refractivity contribution >= 4 is 34.5 Å². The van der Waals surface area contributed by atoms with Crippen LogP contribution in [0.15, 0.2) is 54.6 Å². The summed E-state index contributed by atoms with van der Waals surface area (Å²) in [5, 5.41) is 1.17. The first-order valence-electron chi connectivity index (χ1n) is 11.6. The molecule has 0 atom stereocenters. The zero-order valence-electron chi connectivity index (χ0n) is 19.1. The molecule has 1 fully saturated rings. The number of amides is 1. The highest BCUT2D eigenvalue weighted by atomic mass is 35.5. The van der Waals surface area contributed by atoms with Gasteiger partial charge in [-0.25, -0.2) is 4.39 Å². The van der Waals surface area contributed by atoms with Crippen molar-refractivity contribution in [1.82, 2.24) is 14.4 Å². The Bertz CT molecular complexity index is 1110. The number of para-hydroxylation sites is 1. The molecule has 33 heavy (non-hydrogen) atoms. The number of benzene rings is 2. The van der Waals surface area contributed by atoms with E-state index in [9.17, 15) is 9.18 Å². The first-order chi connectivity index (χ1) is 16.1. The van der Waals surface area contributed by atoms with Crippen LogP contribution >= 0.6 is 11.6 Å². The highest BCUT2D eigenvalue weighted by Gasteiger charge is 2.20. The van der Waals surface area contributed by atoms with Crippen LogP contribution in [0.5, 0.6) is 0 Å². The van der Waals surface area contributed by atoms with E-state index in [1.165, 1.54) is 23.0 Å². The van der Waals surface area contributed by atoms with Crippen molar-refractivity contribution in [2.75, 3.05) is 38.6 Å². The zero-order valence-corrected chi connectivity index (χ0v) is 19.9. The maximum Gasteiger partial charge on any atom is 0.246 e. The number of carbonyl (C=O) groups excluding carboxylic acids is 1. The Kier molecular flexibility index (Phi) is 7.84. The van der Waals surface area contributed by atoms with Gasteiger partial charge in [-0.1, -0.05) is 30.3 Å². The first kappa shape index (κ1) is 23.5. The number of rotatable bonds is 8. The molecule has 0 N–H and O–H groups in total. The third-order valence-corrected chi connectivity index (χ3v) is 6.77. The van der Waals surface area contributed by atoms with E-state index in [4.69, 9.17) is 11.6 Å². The molecule has 1 aromatic heterocycles. The second-order valence-corrected chi connectivity index (χ2v) is 8.97. The molecular weight excluding hydrogens is 437 g/mol. The molecule has 0 saturated carbocycles. The summed E-state index contributed by atoms with van der Waals surface area (Å²) >= 11 is 5.92. The molecule has 4 nitrogen and oxygen atoms in total. The van der Waals surface area contributed by atoms with Crippen LogP contribution in [-0.4, -0.2) is 58.9 Å². The summed E-state index contributed by atoms with van der Waals surface area (Å²) in [7, 11) is 0. The van der Waals surface area contributed by atoms with Crippen LogP contribution in [0.4, 0.5) is 4.39 Å². The lowest BCUT2D eigenvalue weighted by Gasteiger charge is -2.34. The SMILES string of the molecule is Cc1c(/C=C/C(=O)N2CCN(CCc3ccc(F)cc3)CC2)c2ccccc2n1CCCCl. The number of piperazine rings is 1. The van der Waals surface area contributed by atoms with Gasteiger partial charge < -0.3 is 9.47 Å². The number of nitrogens with zero attached hydrogens (tertiary/aromatic N) is 3. The van der Waals surface area contributed by atoms with Crippen LogP contribution < -0.4 is 0 Å². The average Bonchev–Trinajstić information content (AvgIpc) is 3.11. The number of carbonyl (C=O) groups is 1. The molecule has 0 radical (unpaired) electrons. The molecule has 0 spiro atoms. The Morgan fingerprint density at radius 2 is 1.76 bits per heavy atom. The number of hydrogen-bond donors (Lipinski definition) is 0. The molecule has 3 aromatic rings. The molecule has 1 amide bonds. The van der Waals surface area contributed by atoms with Crippen LogP contribution in [-0.2, 0) is 17.8 Å². The molecule has 174 valence electrons. The maximum absolute atomic E-state index is 13.1. The van der Waals surface area contributed by atoms with Gasteiger partial charge >= 0.3 is 0 Å². The highest BCUT2D eigenvalue weighted by molar-refractivity contribution is 6.17. The molecule has 1 aliphatic rings. The van der Waals surface area contributed by atoms with Crippen LogP contribution in [0, 0.1) is 12.7 Å². The van der Waals surface area contributed by atoms with E-state index in [0.717, 1.165) is 68.9 Å². The van der Waals surface area contributed by atoms with E-state index in [1.807, 2.05) is 35.2 Å². The van der Waals surface area contributed by atoms with Gasteiger partial charge in [0.15, 0.2) is 0 Å². The maximum atomic E-state index is 13.1. The van der Waals surface area contributed by atoms with Crippen LogP contribution in [0.1, 0.15) is 23.2 Å². The summed E-state index contributed by atoms with van der Waals surface area (Å²) in [6.45, 7) is 7.07. The summed E-state index contributed by atoms with van der Waals surface area (Å²) < 4.78 is 15.4. The number of hydrogen-bond acceptors (Lipinski definition) is 2. The molecule has 2 aromatic carbocycles. The van der Waals surface area contributed by atoms with Crippen molar-refractivity contribution in [3.05, 3.63) is 77.2 Å². The predicted molar refractivity (Wildman–Crippen MR) is 134 cm³/mol. The molecule has 6 heteroatoms. The number of aryl methyl sites for hydroxylation is 1. The van der Waals surface area contributed by atoms with Gasteiger partial charge in [0.2, 0.25) is 5.91 Å². The van der Waals surface area contributed by atoms with Gasteiger partial charge in [0.1, 0.15) is 5.82 Å². The first-order valence-corrected chi connectivity index (χ1v) is 12.2. The normalized spacial score (nSPS) is 15.1. The summed E-state index contributed by atoms with van der Waals surface area (Å²) in [5.41, 5.74) is 4.59. The van der Waals surface area contributed by atoms with Gasteiger partial charge in [0.05, 0.1) is 0 Å². The molecular formula is C27H31ClFN3O. The lowest BCUT2D eigenvalue weighted by molar-refractivity contribution is -0.127. The topological polar surface area (TPSA) is 28.5 Å². The molecule has 4 rings (SSSR count). The van der Waals surface area contributed by atoms with E-state index in [2.05, 4.69) is 28.5 Å². The van der Waals surface area contributed by atoms with Crippen molar-refractivity contribution in [2.45, 2.75) is 26.3 Å². The predicted octanol–water partition coefficient (Wildman–Crippen LogP) is 5.12. The van der Waals surface area contributed by atoms with E-state index >= 15 is 0 Å². The standard InChI is InChI=1S/C27H31ClFN3O/c1-21-24(25-5-2-3-6-26(25)32(21)15-4-14-28)11-12-27(33)31-19-17-30(18-20-31)16-13-22-7-9-23(29)10-8-22/h2-3,5-12H,4,13-20H2,1H3/b12-11+. The van der Waals surface area contributed by atoms with E-state index in [-0.39, 0.29) is 11.7 Å². The smallest absolute Gasteiger partial charge is 0.246 e. The molecule has 0 bridgehead atoms. The number of aromatic nitrogens is 1. The Morgan fingerprint density at radius 1 is 1.03 bits per heavy atom. The van der Waals surface area contributed by atoms with Gasteiger partial charge in [-0.2, -0.15) is 0 Å². The van der Waals surface area contributed by atoms with Crippen molar-refractivity contribution in [2.24, 2.45) is 0 Å². The minimum atomic E-state index is -0.200. The van der Waals surface area contributed by atoms with Crippen molar-refractivity contribution in [3.63, 3.8) is 0 Å². The van der Waals surface area contributed by atoms with Crippen molar-refractivity contribution in [3.8, 4) is 0 Å². The van der Waals surface area contributed by atoms with Gasteiger partial charge in [-0.15, -0.1) is 11.6 Å². The second kappa shape index (κ2) is 11.0. The fourth-order valence-corrected chi connectivity index (χ4v) is 4.68. The van der Waals surface area contributed by atoms with E-state index in [1.54, 1.807) is 6.08 Å². The molecule has 0 aliphatic carbocycles. The summed E-state index contributed by atoms with van der Waals surface area (Å²) in [5.74, 6) is 0.491. The summed E-state index contributed by atoms with van der Waals surface area (Å²) in [6.07, 6.45) is 5.49. The van der Waals surface area contributed by atoms with Gasteiger partial charge in [0.25, 0.3) is 0 Å². The quantitative estimate of drug-likeness (QED) is 0.340. The van der Waals surface area contributed by atoms with Crippen molar-refractivity contribution in [1.29, 1.82) is 0 Å². The molecule has 0 unspecified atom stereocenters. The third-order valence-electron chi connectivity index (χ3n) is 6.50. The largest absolute Gasteiger partial charge is 0.344 e. The minimum Gasteiger partial charge on any atom is -0.344 e. The fourth-order valence-electron chi connectivity index (χ4n) is 4.56. The average molecular weight is 468 g/mol. The number of alkyl halides is 1. The Hall–Kier alpha value is -2.63. The molecule has 1 aliphatic heterocycles.